The van der Waals surface area contributed by atoms with Crippen molar-refractivity contribution >= 4 is 18.0 Å². The first-order valence-electron chi connectivity index (χ1n) is 3.22. The number of hydrogen-bond acceptors (Lipinski definition) is 2. The van der Waals surface area contributed by atoms with Crippen molar-refractivity contribution in [1.82, 2.24) is 0 Å². The first kappa shape index (κ1) is 9.50. The Morgan fingerprint density at radius 3 is 2.80 bits per heavy atom. The average molecular weight is 155 g/mol. The van der Waals surface area contributed by atoms with E-state index < -0.39 is 0 Å². The maximum atomic E-state index is 3.84. The number of thioether (sulfide) groups is 1. The van der Waals surface area contributed by atoms with E-state index in [9.17, 15) is 0 Å². The molecule has 0 spiro atoms. The van der Waals surface area contributed by atoms with E-state index in [0.717, 1.165) is 5.75 Å². The molecule has 0 N–H and O–H groups in total. The highest BCUT2D eigenvalue weighted by Gasteiger charge is 1.85. The highest BCUT2D eigenvalue weighted by molar-refractivity contribution is 8.03. The van der Waals surface area contributed by atoms with E-state index in [2.05, 4.69) is 18.5 Å². The molecule has 0 aromatic carbocycles. The van der Waals surface area contributed by atoms with Gasteiger partial charge in [0.15, 0.2) is 0 Å². The molecule has 56 valence electrons. The molecule has 0 atom stereocenters. The normalized spacial score (nSPS) is 12.4. The first-order chi connectivity index (χ1) is 4.85. The molecule has 1 nitrogen and oxygen atoms in total. The van der Waals surface area contributed by atoms with E-state index in [0.29, 0.717) is 0 Å². The van der Waals surface area contributed by atoms with E-state index in [1.807, 2.05) is 12.2 Å². The molecule has 0 rings (SSSR count). The lowest BCUT2D eigenvalue weighted by Crippen LogP contribution is -1.73. The molecular formula is C8H13NS. The van der Waals surface area contributed by atoms with Crippen molar-refractivity contribution in [3.05, 3.63) is 23.6 Å². The van der Waals surface area contributed by atoms with Gasteiger partial charge in [-0.15, -0.1) is 11.8 Å². The van der Waals surface area contributed by atoms with Crippen LogP contribution in [0.3, 0.4) is 0 Å². The lowest BCUT2D eigenvalue weighted by Gasteiger charge is -1.93. The highest BCUT2D eigenvalue weighted by Crippen LogP contribution is 2.14. The third-order valence-electron chi connectivity index (χ3n) is 0.900. The third kappa shape index (κ3) is 4.39. The van der Waals surface area contributed by atoms with Crippen LogP contribution in [0.5, 0.6) is 0 Å². The fourth-order valence-corrected chi connectivity index (χ4v) is 1.10. The number of hydrogen-bond donors (Lipinski definition) is 0. The number of nitrogens with zero attached hydrogens (tertiary/aromatic N) is 1. The maximum absolute atomic E-state index is 3.84. The van der Waals surface area contributed by atoms with Gasteiger partial charge >= 0.3 is 0 Å². The van der Waals surface area contributed by atoms with Gasteiger partial charge in [0.25, 0.3) is 0 Å². The predicted octanol–water partition coefficient (Wildman–Crippen LogP) is 2.51. The molecule has 0 saturated heterocycles. The van der Waals surface area contributed by atoms with Gasteiger partial charge in [0.2, 0.25) is 0 Å². The molecule has 0 aromatic rings. The fourth-order valence-electron chi connectivity index (χ4n) is 0.490. The van der Waals surface area contributed by atoms with Crippen LogP contribution in [0, 0.1) is 0 Å². The van der Waals surface area contributed by atoms with E-state index in [1.54, 1.807) is 25.0 Å². The van der Waals surface area contributed by atoms with Crippen molar-refractivity contribution in [2.24, 2.45) is 4.99 Å². The molecule has 0 heterocycles. The summed E-state index contributed by atoms with van der Waals surface area (Å²) in [5.41, 5.74) is 0. The summed E-state index contributed by atoms with van der Waals surface area (Å²) in [7, 11) is 1.76. The molecule has 0 bridgehead atoms. The van der Waals surface area contributed by atoms with Gasteiger partial charge < -0.3 is 0 Å². The van der Waals surface area contributed by atoms with Crippen molar-refractivity contribution in [2.75, 3.05) is 12.8 Å². The SMILES string of the molecule is C=C/C(=C\C=NC)SCC. The standard InChI is InChI=1S/C8H13NS/c1-4-8(10-5-2)6-7-9-3/h4,6-7H,1,5H2,2-3H3/b8-6+,9-7?. The minimum atomic E-state index is 1.08. The highest BCUT2D eigenvalue weighted by atomic mass is 32.2. The van der Waals surface area contributed by atoms with Crippen LogP contribution in [0.4, 0.5) is 0 Å². The summed E-state index contributed by atoms with van der Waals surface area (Å²) in [4.78, 5) is 5.02. The van der Waals surface area contributed by atoms with Crippen molar-refractivity contribution in [3.63, 3.8) is 0 Å². The minimum Gasteiger partial charge on any atom is -0.296 e. The van der Waals surface area contributed by atoms with Crippen LogP contribution in [0.15, 0.2) is 28.6 Å². The Hall–Kier alpha value is -0.500. The van der Waals surface area contributed by atoms with E-state index in [1.165, 1.54) is 4.91 Å². The largest absolute Gasteiger partial charge is 0.296 e. The van der Waals surface area contributed by atoms with Crippen LogP contribution in [0.2, 0.25) is 0 Å². The van der Waals surface area contributed by atoms with Crippen molar-refractivity contribution in [1.29, 1.82) is 0 Å². The Labute approximate surface area is 66.9 Å². The molecule has 0 aromatic heterocycles. The van der Waals surface area contributed by atoms with Gasteiger partial charge in [-0.1, -0.05) is 19.6 Å². The summed E-state index contributed by atoms with van der Waals surface area (Å²) < 4.78 is 0. The van der Waals surface area contributed by atoms with Crippen molar-refractivity contribution < 1.29 is 0 Å². The lowest BCUT2D eigenvalue weighted by atomic mass is 10.5. The van der Waals surface area contributed by atoms with Gasteiger partial charge in [0.05, 0.1) is 0 Å². The molecule has 0 aliphatic heterocycles. The van der Waals surface area contributed by atoms with Crippen molar-refractivity contribution in [2.45, 2.75) is 6.92 Å². The molecule has 10 heavy (non-hydrogen) atoms. The second-order valence-corrected chi connectivity index (χ2v) is 2.95. The van der Waals surface area contributed by atoms with Gasteiger partial charge in [-0.2, -0.15) is 0 Å². The van der Waals surface area contributed by atoms with Gasteiger partial charge in [-0.3, -0.25) is 4.99 Å². The predicted molar refractivity (Wildman–Crippen MR) is 50.8 cm³/mol. The van der Waals surface area contributed by atoms with Gasteiger partial charge in [-0.05, 0) is 11.8 Å². The molecular weight excluding hydrogens is 142 g/mol. The Morgan fingerprint density at radius 1 is 1.70 bits per heavy atom. The van der Waals surface area contributed by atoms with Gasteiger partial charge in [-0.25, -0.2) is 0 Å². The zero-order chi connectivity index (χ0) is 7.82. The quantitative estimate of drug-likeness (QED) is 0.449. The Morgan fingerprint density at radius 2 is 2.40 bits per heavy atom. The third-order valence-corrected chi connectivity index (χ3v) is 1.82. The van der Waals surface area contributed by atoms with Crippen LogP contribution < -0.4 is 0 Å². The van der Waals surface area contributed by atoms with E-state index in [4.69, 9.17) is 0 Å². The zero-order valence-corrected chi connectivity index (χ0v) is 7.32. The fraction of sp³-hybridized carbons (Fsp3) is 0.375. The van der Waals surface area contributed by atoms with Gasteiger partial charge in [0.1, 0.15) is 0 Å². The summed E-state index contributed by atoms with van der Waals surface area (Å²) >= 11 is 1.77. The number of allylic oxidation sites excluding steroid dienone is 2. The smallest absolute Gasteiger partial charge is 0.0277 e. The average Bonchev–Trinajstić information content (AvgIpc) is 1.98. The van der Waals surface area contributed by atoms with Crippen LogP contribution in [-0.2, 0) is 0 Å². The van der Waals surface area contributed by atoms with Gasteiger partial charge in [0, 0.05) is 18.2 Å². The molecule has 0 radical (unpaired) electrons. The van der Waals surface area contributed by atoms with Crippen LogP contribution in [-0.4, -0.2) is 19.0 Å². The first-order valence-corrected chi connectivity index (χ1v) is 4.21. The number of rotatable bonds is 4. The Kier molecular flexibility index (Phi) is 6.29. The molecule has 0 aliphatic carbocycles. The monoisotopic (exact) mass is 155 g/mol. The van der Waals surface area contributed by atoms with Crippen LogP contribution in [0.25, 0.3) is 0 Å². The zero-order valence-electron chi connectivity index (χ0n) is 6.50. The second-order valence-electron chi connectivity index (χ2n) is 1.61. The lowest BCUT2D eigenvalue weighted by molar-refractivity contribution is 1.47. The summed E-state index contributed by atoms with van der Waals surface area (Å²) in [6, 6.07) is 0. The van der Waals surface area contributed by atoms with E-state index in [-0.39, 0.29) is 0 Å². The Balaban J connectivity index is 3.90. The maximum Gasteiger partial charge on any atom is 0.0277 e. The summed E-state index contributed by atoms with van der Waals surface area (Å²) in [6.07, 6.45) is 5.58. The topological polar surface area (TPSA) is 12.4 Å². The summed E-state index contributed by atoms with van der Waals surface area (Å²) in [5, 5.41) is 0. The van der Waals surface area contributed by atoms with Crippen molar-refractivity contribution in [3.8, 4) is 0 Å². The summed E-state index contributed by atoms with van der Waals surface area (Å²) in [5.74, 6) is 1.08. The summed E-state index contributed by atoms with van der Waals surface area (Å²) in [6.45, 7) is 5.80. The molecule has 0 saturated carbocycles. The second kappa shape index (κ2) is 6.62. The number of aliphatic imine (C=N–C) groups is 1. The molecule has 0 aliphatic rings. The van der Waals surface area contributed by atoms with E-state index >= 15 is 0 Å². The Bertz CT molecular complexity index is 147. The molecule has 0 unspecified atom stereocenters. The molecule has 0 fully saturated rings. The molecule has 0 amide bonds. The minimum absolute atomic E-state index is 1.08. The van der Waals surface area contributed by atoms with Crippen LogP contribution >= 0.6 is 11.8 Å². The molecule has 2 heteroatoms. The van der Waals surface area contributed by atoms with Crippen LogP contribution in [0.1, 0.15) is 6.92 Å².